The number of Topliss-reactive ketones (excluding diaryl/α,β-unsaturated/α-hetero) is 1. The van der Waals surface area contributed by atoms with E-state index in [9.17, 15) is 18.8 Å². The molecule has 0 amide bonds. The zero-order valence-electron chi connectivity index (χ0n) is 15.7. The molecule has 0 bridgehead atoms. The second-order valence-corrected chi connectivity index (χ2v) is 7.24. The van der Waals surface area contributed by atoms with Gasteiger partial charge in [0.25, 0.3) is 5.56 Å². The van der Waals surface area contributed by atoms with Gasteiger partial charge in [-0.2, -0.15) is 0 Å². The van der Waals surface area contributed by atoms with Crippen LogP contribution in [0.1, 0.15) is 33.0 Å². The van der Waals surface area contributed by atoms with E-state index in [-0.39, 0.29) is 5.78 Å². The SMILES string of the molecule is Cn1c2c(c(=O)n(C)c1=O)C(c1ccc(F)cc1)C1=C(N2)c2ccccc2C1=O. The lowest BCUT2D eigenvalue weighted by Gasteiger charge is -2.29. The van der Waals surface area contributed by atoms with E-state index in [1.165, 1.54) is 23.7 Å². The molecule has 7 heteroatoms. The number of nitrogens with zero attached hydrogens (tertiary/aromatic N) is 2. The van der Waals surface area contributed by atoms with Crippen LogP contribution in [-0.2, 0) is 14.1 Å². The zero-order chi connectivity index (χ0) is 20.4. The highest BCUT2D eigenvalue weighted by molar-refractivity contribution is 6.23. The average molecular weight is 389 g/mol. The van der Waals surface area contributed by atoms with Crippen LogP contribution >= 0.6 is 0 Å². The third kappa shape index (κ3) is 2.24. The van der Waals surface area contributed by atoms with Gasteiger partial charge in [0.05, 0.1) is 11.3 Å². The molecule has 1 aliphatic heterocycles. The molecule has 0 saturated carbocycles. The fraction of sp³-hybridized carbons (Fsp3) is 0.136. The maximum Gasteiger partial charge on any atom is 0.332 e. The van der Waals surface area contributed by atoms with E-state index in [4.69, 9.17) is 0 Å². The third-order valence-corrected chi connectivity index (χ3v) is 5.68. The van der Waals surface area contributed by atoms with Crippen molar-refractivity contribution in [2.75, 3.05) is 5.32 Å². The molecular weight excluding hydrogens is 373 g/mol. The summed E-state index contributed by atoms with van der Waals surface area (Å²) in [5.41, 5.74) is 2.21. The molecule has 3 aromatic rings. The Morgan fingerprint density at radius 1 is 0.897 bits per heavy atom. The van der Waals surface area contributed by atoms with Crippen LogP contribution in [0, 0.1) is 5.82 Å². The molecule has 0 fully saturated rings. The van der Waals surface area contributed by atoms with Gasteiger partial charge in [-0.1, -0.05) is 36.4 Å². The smallest absolute Gasteiger partial charge is 0.332 e. The highest BCUT2D eigenvalue weighted by atomic mass is 19.1. The van der Waals surface area contributed by atoms with Gasteiger partial charge in [-0.05, 0) is 17.7 Å². The van der Waals surface area contributed by atoms with Crippen LogP contribution in [0.25, 0.3) is 5.70 Å². The highest BCUT2D eigenvalue weighted by Crippen LogP contribution is 2.47. The van der Waals surface area contributed by atoms with Gasteiger partial charge in [0.2, 0.25) is 0 Å². The Morgan fingerprint density at radius 2 is 1.55 bits per heavy atom. The van der Waals surface area contributed by atoms with Crippen LogP contribution < -0.4 is 16.6 Å². The first-order valence-corrected chi connectivity index (χ1v) is 9.10. The first-order valence-electron chi connectivity index (χ1n) is 9.10. The largest absolute Gasteiger partial charge is 0.340 e. The summed E-state index contributed by atoms with van der Waals surface area (Å²) in [4.78, 5) is 38.9. The van der Waals surface area contributed by atoms with Crippen LogP contribution in [-0.4, -0.2) is 14.9 Å². The van der Waals surface area contributed by atoms with Crippen molar-refractivity contribution in [3.8, 4) is 0 Å². The van der Waals surface area contributed by atoms with Crippen molar-refractivity contribution < 1.29 is 9.18 Å². The molecule has 0 radical (unpaired) electrons. The molecular formula is C22H16FN3O3. The van der Waals surface area contributed by atoms with Gasteiger partial charge in [-0.25, -0.2) is 9.18 Å². The number of anilines is 1. The minimum atomic E-state index is -0.716. The summed E-state index contributed by atoms with van der Waals surface area (Å²) < 4.78 is 16.0. The topological polar surface area (TPSA) is 73.1 Å². The number of rotatable bonds is 1. The summed E-state index contributed by atoms with van der Waals surface area (Å²) in [5, 5.41) is 3.17. The van der Waals surface area contributed by atoms with E-state index in [1.807, 2.05) is 12.1 Å². The molecule has 29 heavy (non-hydrogen) atoms. The first kappa shape index (κ1) is 17.4. The number of hydrogen-bond acceptors (Lipinski definition) is 4. The highest BCUT2D eigenvalue weighted by Gasteiger charge is 2.42. The van der Waals surface area contributed by atoms with E-state index in [0.29, 0.717) is 33.8 Å². The van der Waals surface area contributed by atoms with E-state index < -0.39 is 23.0 Å². The number of fused-ring (bicyclic) bond motifs is 3. The lowest BCUT2D eigenvalue weighted by molar-refractivity contribution is 0.103. The molecule has 5 rings (SSSR count). The molecule has 144 valence electrons. The van der Waals surface area contributed by atoms with Gasteiger partial charge in [-0.15, -0.1) is 0 Å². The Hall–Kier alpha value is -3.74. The van der Waals surface area contributed by atoms with Crippen molar-refractivity contribution in [1.29, 1.82) is 0 Å². The van der Waals surface area contributed by atoms with Gasteiger partial charge >= 0.3 is 5.69 Å². The predicted octanol–water partition coefficient (Wildman–Crippen LogP) is 2.39. The summed E-state index contributed by atoms with van der Waals surface area (Å²) >= 11 is 0. The summed E-state index contributed by atoms with van der Waals surface area (Å²) in [6.07, 6.45) is 0. The standard InChI is InChI=1S/C22H16FN3O3/c1-25-20-17(21(28)26(2)22(25)29)15(11-7-9-12(23)10-8-11)16-18(24-20)13-5-3-4-6-14(13)19(16)27/h3-10,15,24H,1-2H3. The van der Waals surface area contributed by atoms with Crippen LogP contribution in [0.2, 0.25) is 0 Å². The van der Waals surface area contributed by atoms with Crippen LogP contribution in [0.5, 0.6) is 0 Å². The second-order valence-electron chi connectivity index (χ2n) is 7.24. The summed E-state index contributed by atoms with van der Waals surface area (Å²) in [5.74, 6) is -0.964. The summed E-state index contributed by atoms with van der Waals surface area (Å²) in [6, 6.07) is 12.9. The molecule has 6 nitrogen and oxygen atoms in total. The molecule has 1 unspecified atom stereocenters. The van der Waals surface area contributed by atoms with E-state index in [2.05, 4.69) is 5.32 Å². The minimum absolute atomic E-state index is 0.181. The number of ketones is 1. The van der Waals surface area contributed by atoms with Crippen LogP contribution in [0.4, 0.5) is 10.2 Å². The number of halogens is 1. The number of hydrogen-bond donors (Lipinski definition) is 1. The molecule has 0 spiro atoms. The molecule has 1 atom stereocenters. The maximum absolute atomic E-state index is 13.6. The predicted molar refractivity (Wildman–Crippen MR) is 106 cm³/mol. The number of benzene rings is 2. The maximum atomic E-state index is 13.6. The van der Waals surface area contributed by atoms with Crippen molar-refractivity contribution in [2.24, 2.45) is 14.1 Å². The quantitative estimate of drug-likeness (QED) is 0.694. The van der Waals surface area contributed by atoms with Crippen molar-refractivity contribution in [3.05, 3.63) is 103 Å². The number of aromatic nitrogens is 2. The van der Waals surface area contributed by atoms with Crippen molar-refractivity contribution in [3.63, 3.8) is 0 Å². The van der Waals surface area contributed by atoms with Crippen molar-refractivity contribution in [1.82, 2.24) is 9.13 Å². The van der Waals surface area contributed by atoms with E-state index >= 15 is 0 Å². The third-order valence-electron chi connectivity index (χ3n) is 5.68. The Kier molecular flexibility index (Phi) is 3.52. The Labute approximate surface area is 164 Å². The lowest BCUT2D eigenvalue weighted by atomic mass is 9.81. The van der Waals surface area contributed by atoms with Gasteiger partial charge < -0.3 is 5.32 Å². The fourth-order valence-corrected chi connectivity index (χ4v) is 4.25. The van der Waals surface area contributed by atoms with Crippen LogP contribution in [0.15, 0.2) is 63.7 Å². The van der Waals surface area contributed by atoms with Crippen LogP contribution in [0.3, 0.4) is 0 Å². The monoisotopic (exact) mass is 389 g/mol. The Morgan fingerprint density at radius 3 is 2.24 bits per heavy atom. The molecule has 1 N–H and O–H groups in total. The van der Waals surface area contributed by atoms with E-state index in [1.54, 1.807) is 31.3 Å². The fourth-order valence-electron chi connectivity index (χ4n) is 4.25. The molecule has 2 aromatic carbocycles. The van der Waals surface area contributed by atoms with Gasteiger partial charge in [-0.3, -0.25) is 18.7 Å². The van der Waals surface area contributed by atoms with Crippen molar-refractivity contribution in [2.45, 2.75) is 5.92 Å². The van der Waals surface area contributed by atoms with Crippen molar-refractivity contribution >= 4 is 17.3 Å². The minimum Gasteiger partial charge on any atom is -0.340 e. The first-order chi connectivity index (χ1) is 13.9. The summed E-state index contributed by atoms with van der Waals surface area (Å²) in [7, 11) is 2.98. The molecule has 1 aromatic heterocycles. The molecule has 2 aliphatic rings. The lowest BCUT2D eigenvalue weighted by Crippen LogP contribution is -2.42. The normalized spacial score (nSPS) is 16.9. The Bertz CT molecular complexity index is 1360. The van der Waals surface area contributed by atoms with Gasteiger partial charge in [0.1, 0.15) is 11.6 Å². The van der Waals surface area contributed by atoms with Gasteiger partial charge in [0.15, 0.2) is 5.78 Å². The summed E-state index contributed by atoms with van der Waals surface area (Å²) in [6.45, 7) is 0. The number of carbonyl (C=O) groups excluding carboxylic acids is 1. The van der Waals surface area contributed by atoms with E-state index in [0.717, 1.165) is 10.1 Å². The zero-order valence-corrected chi connectivity index (χ0v) is 15.7. The Balaban J connectivity index is 1.89. The molecule has 2 heterocycles. The van der Waals surface area contributed by atoms with Gasteiger partial charge in [0, 0.05) is 36.7 Å². The number of allylic oxidation sites excluding steroid dienone is 1. The average Bonchev–Trinajstić information content (AvgIpc) is 3.02. The molecule has 0 saturated heterocycles. The second kappa shape index (κ2) is 5.88. The number of nitrogens with one attached hydrogen (secondary N) is 1. The number of carbonyl (C=O) groups is 1. The molecule has 1 aliphatic carbocycles.